The molecule has 0 aromatic carbocycles. The van der Waals surface area contributed by atoms with Gasteiger partial charge in [0, 0.05) is 24.7 Å². The molecule has 0 fully saturated rings. The summed E-state index contributed by atoms with van der Waals surface area (Å²) in [6, 6.07) is 5.95. The summed E-state index contributed by atoms with van der Waals surface area (Å²) < 4.78 is 2.00. The monoisotopic (exact) mass is 180 g/mol. The van der Waals surface area contributed by atoms with E-state index in [0.717, 1.165) is 17.8 Å². The molecule has 0 saturated heterocycles. The molecule has 3 heteroatoms. The summed E-state index contributed by atoms with van der Waals surface area (Å²) in [7, 11) is 0. The molecule has 2 rings (SSSR count). The molecule has 0 aliphatic rings. The van der Waals surface area contributed by atoms with Crippen LogP contribution in [0.3, 0.4) is 0 Å². The topological polar surface area (TPSA) is 17.3 Å². The minimum Gasteiger partial charge on any atom is -0.307 e. The van der Waals surface area contributed by atoms with Gasteiger partial charge in [-0.05, 0) is 12.1 Å². The van der Waals surface area contributed by atoms with Crippen molar-refractivity contribution in [2.24, 2.45) is 0 Å². The van der Waals surface area contributed by atoms with Crippen LogP contribution in [0, 0.1) is 0 Å². The number of rotatable bonds is 2. The van der Waals surface area contributed by atoms with Gasteiger partial charge in [-0.1, -0.05) is 6.07 Å². The van der Waals surface area contributed by atoms with Gasteiger partial charge in [-0.2, -0.15) is 0 Å². The first-order valence-electron chi connectivity index (χ1n) is 3.89. The van der Waals surface area contributed by atoms with Crippen molar-refractivity contribution >= 4 is 17.2 Å². The molecule has 62 valence electrons. The molecule has 12 heavy (non-hydrogen) atoms. The van der Waals surface area contributed by atoms with E-state index in [2.05, 4.69) is 4.98 Å². The van der Waals surface area contributed by atoms with E-state index in [-0.39, 0.29) is 0 Å². The van der Waals surface area contributed by atoms with E-state index in [9.17, 15) is 0 Å². The molecule has 0 aliphatic carbocycles. The number of pyridine rings is 1. The Morgan fingerprint density at radius 2 is 2.33 bits per heavy atom. The number of imidazole rings is 1. The molecular weight excluding hydrogens is 172 g/mol. The van der Waals surface area contributed by atoms with Gasteiger partial charge in [0.25, 0.3) is 0 Å². The second-order valence-electron chi connectivity index (χ2n) is 2.64. The molecule has 0 unspecified atom stereocenters. The Bertz CT molecular complexity index is 348. The molecule has 2 nitrogen and oxygen atoms in total. The van der Waals surface area contributed by atoms with Gasteiger partial charge in [0.2, 0.25) is 0 Å². The Morgan fingerprint density at radius 1 is 1.42 bits per heavy atom. The lowest BCUT2D eigenvalue weighted by molar-refractivity contribution is 1.08. The summed E-state index contributed by atoms with van der Waals surface area (Å²) in [6.07, 6.45) is 4.83. The van der Waals surface area contributed by atoms with Crippen molar-refractivity contribution in [1.29, 1.82) is 0 Å². The van der Waals surface area contributed by atoms with E-state index >= 15 is 0 Å². The Labute approximate surface area is 75.8 Å². The normalized spacial score (nSPS) is 10.8. The predicted octanol–water partition coefficient (Wildman–Crippen LogP) is 2.12. The van der Waals surface area contributed by atoms with E-state index in [0.29, 0.717) is 5.88 Å². The fraction of sp³-hybridized carbons (Fsp3) is 0.222. The molecule has 0 bridgehead atoms. The van der Waals surface area contributed by atoms with Gasteiger partial charge in [-0.15, -0.1) is 11.6 Å². The molecule has 2 aromatic heterocycles. The first-order valence-corrected chi connectivity index (χ1v) is 4.42. The van der Waals surface area contributed by atoms with Crippen molar-refractivity contribution < 1.29 is 0 Å². The summed E-state index contributed by atoms with van der Waals surface area (Å²) in [5.41, 5.74) is 2.04. The third-order valence-electron chi connectivity index (χ3n) is 1.76. The van der Waals surface area contributed by atoms with Crippen LogP contribution in [-0.4, -0.2) is 15.3 Å². The highest BCUT2D eigenvalue weighted by atomic mass is 35.5. The third kappa shape index (κ3) is 1.30. The molecule has 0 aliphatic heterocycles. The smallest absolute Gasteiger partial charge is 0.136 e. The van der Waals surface area contributed by atoms with E-state index in [1.165, 1.54) is 0 Å². The highest BCUT2D eigenvalue weighted by Gasteiger charge is 1.98. The zero-order valence-corrected chi connectivity index (χ0v) is 7.33. The highest BCUT2D eigenvalue weighted by molar-refractivity contribution is 6.17. The van der Waals surface area contributed by atoms with Gasteiger partial charge < -0.3 is 4.40 Å². The summed E-state index contributed by atoms with van der Waals surface area (Å²) in [5, 5.41) is 0. The average Bonchev–Trinajstić information content (AvgIpc) is 2.47. The number of alkyl halides is 1. The molecule has 0 saturated carbocycles. The van der Waals surface area contributed by atoms with Crippen molar-refractivity contribution in [3.63, 3.8) is 0 Å². The number of hydrogen-bond donors (Lipinski definition) is 0. The maximum atomic E-state index is 5.61. The molecular formula is C9H9ClN2. The SMILES string of the molecule is ClCCc1cn2ccccc2n1. The number of hydrogen-bond acceptors (Lipinski definition) is 1. The lowest BCUT2D eigenvalue weighted by Crippen LogP contribution is -1.83. The van der Waals surface area contributed by atoms with Crippen LogP contribution < -0.4 is 0 Å². The highest BCUT2D eigenvalue weighted by Crippen LogP contribution is 2.05. The van der Waals surface area contributed by atoms with Crippen molar-refractivity contribution in [3.8, 4) is 0 Å². The fourth-order valence-electron chi connectivity index (χ4n) is 1.20. The van der Waals surface area contributed by atoms with Crippen molar-refractivity contribution in [2.75, 3.05) is 5.88 Å². The first kappa shape index (κ1) is 7.62. The lowest BCUT2D eigenvalue weighted by Gasteiger charge is -1.86. The zero-order chi connectivity index (χ0) is 8.39. The van der Waals surface area contributed by atoms with E-state index in [1.54, 1.807) is 0 Å². The van der Waals surface area contributed by atoms with Gasteiger partial charge in [0.1, 0.15) is 5.65 Å². The zero-order valence-electron chi connectivity index (χ0n) is 6.57. The van der Waals surface area contributed by atoms with Gasteiger partial charge in [0.05, 0.1) is 5.69 Å². The predicted molar refractivity (Wildman–Crippen MR) is 49.6 cm³/mol. The Hall–Kier alpha value is -1.02. The number of nitrogens with zero attached hydrogens (tertiary/aromatic N) is 2. The largest absolute Gasteiger partial charge is 0.307 e. The quantitative estimate of drug-likeness (QED) is 0.648. The van der Waals surface area contributed by atoms with Gasteiger partial charge in [0.15, 0.2) is 0 Å². The standard InChI is InChI=1S/C9H9ClN2/c10-5-4-8-7-12-6-2-1-3-9(12)11-8/h1-3,6-7H,4-5H2. The maximum absolute atomic E-state index is 5.61. The number of fused-ring (bicyclic) bond motifs is 1. The number of aromatic nitrogens is 2. The summed E-state index contributed by atoms with van der Waals surface area (Å²) in [4.78, 5) is 4.38. The van der Waals surface area contributed by atoms with Crippen LogP contribution in [0.15, 0.2) is 30.6 Å². The van der Waals surface area contributed by atoms with Crippen molar-refractivity contribution in [1.82, 2.24) is 9.38 Å². The molecule has 0 spiro atoms. The second kappa shape index (κ2) is 3.15. The van der Waals surface area contributed by atoms with Crippen LogP contribution in [0.5, 0.6) is 0 Å². The molecule has 0 atom stereocenters. The molecule has 2 heterocycles. The third-order valence-corrected chi connectivity index (χ3v) is 1.95. The van der Waals surface area contributed by atoms with Crippen LogP contribution in [0.4, 0.5) is 0 Å². The van der Waals surface area contributed by atoms with Crippen molar-refractivity contribution in [3.05, 3.63) is 36.3 Å². The first-order chi connectivity index (χ1) is 5.90. The average molecular weight is 181 g/mol. The fourth-order valence-corrected chi connectivity index (χ4v) is 1.40. The molecule has 0 radical (unpaired) electrons. The van der Waals surface area contributed by atoms with E-state index < -0.39 is 0 Å². The maximum Gasteiger partial charge on any atom is 0.136 e. The number of halogens is 1. The van der Waals surface area contributed by atoms with Gasteiger partial charge in [-0.3, -0.25) is 0 Å². The molecule has 2 aromatic rings. The Kier molecular flexibility index (Phi) is 2.00. The Morgan fingerprint density at radius 3 is 3.08 bits per heavy atom. The minimum absolute atomic E-state index is 0.629. The van der Waals surface area contributed by atoms with Crippen molar-refractivity contribution in [2.45, 2.75) is 6.42 Å². The van der Waals surface area contributed by atoms with Crippen LogP contribution in [0.25, 0.3) is 5.65 Å². The van der Waals surface area contributed by atoms with Gasteiger partial charge in [-0.25, -0.2) is 4.98 Å². The van der Waals surface area contributed by atoms with Crippen LogP contribution >= 0.6 is 11.6 Å². The van der Waals surface area contributed by atoms with Crippen LogP contribution in [-0.2, 0) is 6.42 Å². The lowest BCUT2D eigenvalue weighted by atomic mass is 10.4. The summed E-state index contributed by atoms with van der Waals surface area (Å²) in [6.45, 7) is 0. The van der Waals surface area contributed by atoms with Gasteiger partial charge >= 0.3 is 0 Å². The second-order valence-corrected chi connectivity index (χ2v) is 3.02. The number of aryl methyl sites for hydroxylation is 1. The molecule has 0 N–H and O–H groups in total. The molecule has 0 amide bonds. The summed E-state index contributed by atoms with van der Waals surface area (Å²) >= 11 is 5.61. The Balaban J connectivity index is 2.47. The van der Waals surface area contributed by atoms with Crippen LogP contribution in [0.2, 0.25) is 0 Å². The van der Waals surface area contributed by atoms with E-state index in [4.69, 9.17) is 11.6 Å². The van der Waals surface area contributed by atoms with Crippen LogP contribution in [0.1, 0.15) is 5.69 Å². The minimum atomic E-state index is 0.629. The van der Waals surface area contributed by atoms with E-state index in [1.807, 2.05) is 35.0 Å². The summed E-state index contributed by atoms with van der Waals surface area (Å²) in [5.74, 6) is 0.629.